The summed E-state index contributed by atoms with van der Waals surface area (Å²) in [6.45, 7) is 3.26. The Morgan fingerprint density at radius 2 is 1.95 bits per heavy atom. The molecular weight excluding hydrogens is 281 g/mol. The van der Waals surface area contributed by atoms with Crippen LogP contribution in [0.15, 0.2) is 24.3 Å². The molecule has 1 aromatic rings. The van der Waals surface area contributed by atoms with Gasteiger partial charge in [0.1, 0.15) is 10.6 Å². The van der Waals surface area contributed by atoms with Gasteiger partial charge in [0.25, 0.3) is 0 Å². The van der Waals surface area contributed by atoms with E-state index in [9.17, 15) is 14.0 Å². The molecule has 1 aromatic carbocycles. The Morgan fingerprint density at radius 3 is 2.50 bits per heavy atom. The average molecular weight is 299 g/mol. The summed E-state index contributed by atoms with van der Waals surface area (Å²) in [4.78, 5) is 24.3. The van der Waals surface area contributed by atoms with E-state index in [0.29, 0.717) is 5.56 Å². The van der Waals surface area contributed by atoms with Gasteiger partial charge in [0.2, 0.25) is 5.91 Å². The minimum absolute atomic E-state index is 0.0459. The van der Waals surface area contributed by atoms with Crippen LogP contribution in [0.5, 0.6) is 0 Å². The first kappa shape index (κ1) is 16.5. The molecular formula is C14H18FNO3S. The van der Waals surface area contributed by atoms with Crippen LogP contribution in [0.4, 0.5) is 4.39 Å². The van der Waals surface area contributed by atoms with Crippen LogP contribution in [0.3, 0.4) is 0 Å². The van der Waals surface area contributed by atoms with Gasteiger partial charge in [0, 0.05) is 19.2 Å². The first-order chi connectivity index (χ1) is 9.24. The van der Waals surface area contributed by atoms with Gasteiger partial charge in [-0.05, 0) is 19.9 Å². The molecule has 1 rings (SSSR count). The maximum Gasteiger partial charge on any atom is 0.319 e. The average Bonchev–Trinajstić information content (AvgIpc) is 2.38. The maximum absolute atomic E-state index is 13.5. The van der Waals surface area contributed by atoms with Crippen molar-refractivity contribution < 1.29 is 19.1 Å². The number of carboxylic acids is 1. The molecule has 0 spiro atoms. The summed E-state index contributed by atoms with van der Waals surface area (Å²) in [5, 5.41) is 8.97. The summed E-state index contributed by atoms with van der Waals surface area (Å²) < 4.78 is 12.5. The number of carbonyl (C=O) groups is 2. The number of carboxylic acid groups (broad SMARTS) is 1. The third kappa shape index (κ3) is 4.52. The van der Waals surface area contributed by atoms with Crippen molar-refractivity contribution in [1.29, 1.82) is 0 Å². The van der Waals surface area contributed by atoms with E-state index < -0.39 is 10.7 Å². The van der Waals surface area contributed by atoms with Crippen LogP contribution in [0.2, 0.25) is 0 Å². The molecule has 0 bridgehead atoms. The summed E-state index contributed by atoms with van der Waals surface area (Å²) in [5.74, 6) is -1.50. The summed E-state index contributed by atoms with van der Waals surface area (Å²) in [7, 11) is 1.57. The SMILES string of the molecule is CN(Cc1ccccc1F)C(=O)CSC(C)(C)C(=O)O. The molecule has 0 unspecified atom stereocenters. The molecule has 6 heteroatoms. The van der Waals surface area contributed by atoms with Crippen LogP contribution in [-0.4, -0.2) is 39.4 Å². The lowest BCUT2D eigenvalue weighted by Crippen LogP contribution is -2.33. The predicted molar refractivity (Wildman–Crippen MR) is 77.0 cm³/mol. The van der Waals surface area contributed by atoms with Gasteiger partial charge >= 0.3 is 5.97 Å². The Balaban J connectivity index is 2.56. The highest BCUT2D eigenvalue weighted by atomic mass is 32.2. The van der Waals surface area contributed by atoms with Crippen molar-refractivity contribution in [3.8, 4) is 0 Å². The van der Waals surface area contributed by atoms with Crippen LogP contribution in [0.1, 0.15) is 19.4 Å². The normalized spacial score (nSPS) is 11.2. The van der Waals surface area contributed by atoms with E-state index in [4.69, 9.17) is 5.11 Å². The highest BCUT2D eigenvalue weighted by Crippen LogP contribution is 2.24. The molecule has 0 heterocycles. The molecule has 4 nitrogen and oxygen atoms in total. The molecule has 1 N–H and O–H groups in total. The van der Waals surface area contributed by atoms with Gasteiger partial charge < -0.3 is 10.0 Å². The number of nitrogens with zero attached hydrogens (tertiary/aromatic N) is 1. The third-order valence-corrected chi connectivity index (χ3v) is 4.15. The Morgan fingerprint density at radius 1 is 1.35 bits per heavy atom. The van der Waals surface area contributed by atoms with E-state index in [1.807, 2.05) is 0 Å². The smallest absolute Gasteiger partial charge is 0.319 e. The highest BCUT2D eigenvalue weighted by Gasteiger charge is 2.29. The largest absolute Gasteiger partial charge is 0.480 e. The van der Waals surface area contributed by atoms with Gasteiger partial charge in [-0.15, -0.1) is 11.8 Å². The van der Waals surface area contributed by atoms with Gasteiger partial charge in [0.05, 0.1) is 5.75 Å². The Labute approximate surface area is 122 Å². The lowest BCUT2D eigenvalue weighted by atomic mass is 10.2. The number of thioether (sulfide) groups is 1. The van der Waals surface area contributed by atoms with Crippen molar-refractivity contribution >= 4 is 23.6 Å². The van der Waals surface area contributed by atoms with Gasteiger partial charge in [-0.2, -0.15) is 0 Å². The minimum Gasteiger partial charge on any atom is -0.480 e. The molecule has 0 radical (unpaired) electrons. The van der Waals surface area contributed by atoms with Crippen molar-refractivity contribution in [1.82, 2.24) is 4.90 Å². The second-order valence-electron chi connectivity index (χ2n) is 4.95. The molecule has 0 aliphatic carbocycles. The number of aliphatic carboxylic acids is 1. The van der Waals surface area contributed by atoms with E-state index in [0.717, 1.165) is 11.8 Å². The highest BCUT2D eigenvalue weighted by molar-refractivity contribution is 8.01. The van der Waals surface area contributed by atoms with Gasteiger partial charge in [-0.3, -0.25) is 9.59 Å². The summed E-state index contributed by atoms with van der Waals surface area (Å²) >= 11 is 1.05. The molecule has 0 fully saturated rings. The van der Waals surface area contributed by atoms with Crippen LogP contribution in [0, 0.1) is 5.82 Å². The number of amides is 1. The van der Waals surface area contributed by atoms with Gasteiger partial charge in [0.15, 0.2) is 0 Å². The molecule has 0 saturated carbocycles. The van der Waals surface area contributed by atoms with Crippen LogP contribution < -0.4 is 0 Å². The van der Waals surface area contributed by atoms with Crippen molar-refractivity contribution in [3.05, 3.63) is 35.6 Å². The maximum atomic E-state index is 13.5. The fourth-order valence-electron chi connectivity index (χ4n) is 1.38. The molecule has 1 amide bonds. The molecule has 0 aliphatic heterocycles. The number of rotatable bonds is 6. The zero-order valence-electron chi connectivity index (χ0n) is 11.7. The van der Waals surface area contributed by atoms with Crippen molar-refractivity contribution in [2.75, 3.05) is 12.8 Å². The Hall–Kier alpha value is -1.56. The Kier molecular flexibility index (Phi) is 5.56. The number of carbonyl (C=O) groups excluding carboxylic acids is 1. The standard InChI is InChI=1S/C14H18FNO3S/c1-14(2,13(18)19)20-9-12(17)16(3)8-10-6-4-5-7-11(10)15/h4-7H,8-9H2,1-3H3,(H,18,19). The number of hydrogen-bond donors (Lipinski definition) is 1. The fourth-order valence-corrected chi connectivity index (χ4v) is 2.21. The van der Waals surface area contributed by atoms with E-state index >= 15 is 0 Å². The molecule has 0 saturated heterocycles. The number of hydrogen-bond acceptors (Lipinski definition) is 3. The zero-order valence-corrected chi connectivity index (χ0v) is 12.5. The number of halogens is 1. The monoisotopic (exact) mass is 299 g/mol. The topological polar surface area (TPSA) is 57.6 Å². The van der Waals surface area contributed by atoms with E-state index in [2.05, 4.69) is 0 Å². The summed E-state index contributed by atoms with van der Waals surface area (Å²) in [6, 6.07) is 6.26. The lowest BCUT2D eigenvalue weighted by molar-refractivity contribution is -0.138. The second kappa shape index (κ2) is 6.74. The third-order valence-electron chi connectivity index (χ3n) is 2.86. The van der Waals surface area contributed by atoms with Crippen molar-refractivity contribution in [2.45, 2.75) is 25.1 Å². The van der Waals surface area contributed by atoms with Crippen LogP contribution >= 0.6 is 11.8 Å². The Bertz CT molecular complexity index is 505. The van der Waals surface area contributed by atoms with E-state index in [-0.39, 0.29) is 24.0 Å². The molecule has 20 heavy (non-hydrogen) atoms. The number of benzene rings is 1. The van der Waals surface area contributed by atoms with Gasteiger partial charge in [-0.1, -0.05) is 18.2 Å². The predicted octanol–water partition coefficient (Wildman–Crippen LogP) is 2.38. The van der Waals surface area contributed by atoms with Crippen LogP contribution in [0.25, 0.3) is 0 Å². The molecule has 110 valence electrons. The van der Waals surface area contributed by atoms with Crippen LogP contribution in [-0.2, 0) is 16.1 Å². The first-order valence-corrected chi connectivity index (χ1v) is 7.07. The first-order valence-electron chi connectivity index (χ1n) is 6.09. The molecule has 0 aromatic heterocycles. The van der Waals surface area contributed by atoms with E-state index in [1.165, 1.54) is 11.0 Å². The van der Waals surface area contributed by atoms with Crippen molar-refractivity contribution in [3.63, 3.8) is 0 Å². The summed E-state index contributed by atoms with van der Waals surface area (Å²) in [6.07, 6.45) is 0. The quantitative estimate of drug-likeness (QED) is 0.876. The second-order valence-corrected chi connectivity index (χ2v) is 6.54. The van der Waals surface area contributed by atoms with Gasteiger partial charge in [-0.25, -0.2) is 4.39 Å². The molecule has 0 aliphatic rings. The zero-order chi connectivity index (χ0) is 15.3. The lowest BCUT2D eigenvalue weighted by Gasteiger charge is -2.21. The van der Waals surface area contributed by atoms with Crippen molar-refractivity contribution in [2.24, 2.45) is 0 Å². The minimum atomic E-state index is -1.02. The summed E-state index contributed by atoms with van der Waals surface area (Å²) in [5.41, 5.74) is 0.436. The fraction of sp³-hybridized carbons (Fsp3) is 0.429. The van der Waals surface area contributed by atoms with E-state index in [1.54, 1.807) is 39.1 Å². The molecule has 0 atom stereocenters.